The number of nitrogens with one attached hydrogen (secondary N) is 1. The monoisotopic (exact) mass is 399 g/mol. The van der Waals surface area contributed by atoms with Crippen LogP contribution in [0.25, 0.3) is 0 Å². The van der Waals surface area contributed by atoms with Gasteiger partial charge in [-0.1, -0.05) is 0 Å². The molecule has 10 nitrogen and oxygen atoms in total. The molecule has 0 aromatic carbocycles. The molecule has 0 bridgehead atoms. The molecule has 28 heavy (non-hydrogen) atoms. The van der Waals surface area contributed by atoms with Crippen LogP contribution in [0, 0.1) is 0 Å². The van der Waals surface area contributed by atoms with Crippen molar-refractivity contribution in [2.75, 3.05) is 65.9 Å². The summed E-state index contributed by atoms with van der Waals surface area (Å²) in [5, 5.41) is 11.2. The first kappa shape index (κ1) is 24.1. The number of hydrogen-bond acceptors (Lipinski definition) is 8. The lowest BCUT2D eigenvalue weighted by Crippen LogP contribution is -2.32. The molecule has 0 aliphatic carbocycles. The number of ether oxygens (including phenoxy) is 4. The fraction of sp³-hybridized carbons (Fsp3) is 0.706. The topological polar surface area (TPSA) is 119 Å². The standard InChI is InChI=1S/C17H30BN3O7/c22-16(2-7-21-6-1-4-20-18-21)19-5-9-26-11-13-28-15-14-27-12-10-25-8-3-17(23)24/h1,4,6,18H,2-3,5,7-15H2,(H,19,22)(H,23,24). The van der Waals surface area contributed by atoms with Gasteiger partial charge in [0.15, 0.2) is 0 Å². The Hall–Kier alpha value is -1.95. The van der Waals surface area contributed by atoms with Crippen LogP contribution >= 0.6 is 0 Å². The largest absolute Gasteiger partial charge is 0.481 e. The molecule has 0 saturated carbocycles. The Kier molecular flexibility index (Phi) is 14.8. The van der Waals surface area contributed by atoms with E-state index in [1.165, 1.54) is 0 Å². The highest BCUT2D eigenvalue weighted by atomic mass is 16.6. The van der Waals surface area contributed by atoms with Crippen LogP contribution in [0.4, 0.5) is 0 Å². The zero-order valence-electron chi connectivity index (χ0n) is 16.2. The third-order valence-electron chi connectivity index (χ3n) is 3.52. The second-order valence-corrected chi connectivity index (χ2v) is 5.82. The third-order valence-corrected chi connectivity index (χ3v) is 3.52. The summed E-state index contributed by atoms with van der Waals surface area (Å²) in [7, 11) is 0.596. The van der Waals surface area contributed by atoms with Gasteiger partial charge in [0.2, 0.25) is 5.91 Å². The molecule has 0 saturated heterocycles. The van der Waals surface area contributed by atoms with E-state index in [9.17, 15) is 9.59 Å². The van der Waals surface area contributed by atoms with E-state index in [0.29, 0.717) is 73.3 Å². The highest BCUT2D eigenvalue weighted by Crippen LogP contribution is 1.95. The third kappa shape index (κ3) is 15.1. The van der Waals surface area contributed by atoms with Gasteiger partial charge in [-0.25, -0.2) is 0 Å². The SMILES string of the molecule is O=C(O)CCOCCOCCOCCOCCNC(=O)CCN1BN=CC=C1. The van der Waals surface area contributed by atoms with Crippen molar-refractivity contribution >= 4 is 25.6 Å². The molecule has 1 aliphatic rings. The van der Waals surface area contributed by atoms with E-state index in [0.717, 1.165) is 0 Å². The van der Waals surface area contributed by atoms with Crippen molar-refractivity contribution in [2.45, 2.75) is 12.8 Å². The van der Waals surface area contributed by atoms with E-state index in [-0.39, 0.29) is 18.9 Å². The second-order valence-electron chi connectivity index (χ2n) is 5.82. The number of carbonyl (C=O) groups excluding carboxylic acids is 1. The number of carbonyl (C=O) groups is 2. The molecule has 0 radical (unpaired) electrons. The fourth-order valence-corrected chi connectivity index (χ4v) is 2.08. The van der Waals surface area contributed by atoms with Crippen LogP contribution in [0.15, 0.2) is 17.2 Å². The van der Waals surface area contributed by atoms with Crippen LogP contribution in [0.2, 0.25) is 0 Å². The van der Waals surface area contributed by atoms with Gasteiger partial charge in [-0.2, -0.15) is 0 Å². The normalized spacial score (nSPS) is 12.8. The smallest absolute Gasteiger partial charge is 0.375 e. The molecule has 1 amide bonds. The van der Waals surface area contributed by atoms with Crippen molar-refractivity contribution in [3.05, 3.63) is 12.3 Å². The summed E-state index contributed by atoms with van der Waals surface area (Å²) >= 11 is 0. The zero-order valence-corrected chi connectivity index (χ0v) is 16.2. The summed E-state index contributed by atoms with van der Waals surface area (Å²) in [4.78, 5) is 28.0. The van der Waals surface area contributed by atoms with Gasteiger partial charge in [0.1, 0.15) is 0 Å². The molecular weight excluding hydrogens is 369 g/mol. The van der Waals surface area contributed by atoms with Gasteiger partial charge in [-0.05, 0) is 12.3 Å². The Balaban J connectivity index is 1.74. The predicted molar refractivity (Wildman–Crippen MR) is 105 cm³/mol. The second kappa shape index (κ2) is 17.2. The number of carboxylic acid groups (broad SMARTS) is 1. The molecular formula is C17H30BN3O7. The molecule has 0 spiro atoms. The molecule has 1 heterocycles. The first-order valence-electron chi connectivity index (χ1n) is 9.38. The lowest BCUT2D eigenvalue weighted by molar-refractivity contribution is -0.138. The molecule has 1 rings (SSSR count). The van der Waals surface area contributed by atoms with Gasteiger partial charge in [-0.15, -0.1) is 0 Å². The van der Waals surface area contributed by atoms with Crippen LogP contribution in [0.1, 0.15) is 12.8 Å². The predicted octanol–water partition coefficient (Wildman–Crippen LogP) is -0.800. The van der Waals surface area contributed by atoms with E-state index in [4.69, 9.17) is 24.1 Å². The number of rotatable bonds is 18. The van der Waals surface area contributed by atoms with Crippen LogP contribution in [0.3, 0.4) is 0 Å². The molecule has 0 fully saturated rings. The first-order chi connectivity index (χ1) is 13.7. The Morgan fingerprint density at radius 2 is 1.54 bits per heavy atom. The molecule has 0 aromatic rings. The highest BCUT2D eigenvalue weighted by molar-refractivity contribution is 6.33. The van der Waals surface area contributed by atoms with Crippen molar-refractivity contribution in [3.63, 3.8) is 0 Å². The first-order valence-corrected chi connectivity index (χ1v) is 9.38. The van der Waals surface area contributed by atoms with Crippen molar-refractivity contribution < 1.29 is 33.6 Å². The van der Waals surface area contributed by atoms with Crippen molar-refractivity contribution in [1.82, 2.24) is 10.1 Å². The number of carboxylic acids is 1. The summed E-state index contributed by atoms with van der Waals surface area (Å²) in [5.41, 5.74) is 0. The molecule has 2 N–H and O–H groups in total. The molecule has 11 heteroatoms. The summed E-state index contributed by atoms with van der Waals surface area (Å²) in [6.07, 6.45) is 5.94. The van der Waals surface area contributed by atoms with Gasteiger partial charge >= 0.3 is 13.5 Å². The molecule has 0 unspecified atom stereocenters. The summed E-state index contributed by atoms with van der Waals surface area (Å²) in [6.45, 7) is 4.30. The van der Waals surface area contributed by atoms with E-state index in [1.54, 1.807) is 6.21 Å². The van der Waals surface area contributed by atoms with Gasteiger partial charge in [0.25, 0.3) is 0 Å². The fourth-order valence-electron chi connectivity index (χ4n) is 2.08. The summed E-state index contributed by atoms with van der Waals surface area (Å²) < 4.78 is 21.1. The Morgan fingerprint density at radius 3 is 2.11 bits per heavy atom. The van der Waals surface area contributed by atoms with Crippen molar-refractivity contribution in [1.29, 1.82) is 0 Å². The summed E-state index contributed by atoms with van der Waals surface area (Å²) in [5.74, 6) is -0.882. The average Bonchev–Trinajstić information content (AvgIpc) is 2.70. The Labute approximate surface area is 166 Å². The van der Waals surface area contributed by atoms with Gasteiger partial charge in [0.05, 0.1) is 59.3 Å². The maximum atomic E-state index is 11.7. The van der Waals surface area contributed by atoms with E-state index < -0.39 is 5.97 Å². The minimum absolute atomic E-state index is 0.00147. The Morgan fingerprint density at radius 1 is 0.929 bits per heavy atom. The van der Waals surface area contributed by atoms with E-state index in [1.807, 2.05) is 17.1 Å². The number of allylic oxidation sites excluding steroid dienone is 1. The van der Waals surface area contributed by atoms with Gasteiger partial charge in [0, 0.05) is 25.7 Å². The van der Waals surface area contributed by atoms with Crippen LogP contribution in [-0.4, -0.2) is 102 Å². The molecule has 0 aromatic heterocycles. The van der Waals surface area contributed by atoms with E-state index in [2.05, 4.69) is 10.2 Å². The van der Waals surface area contributed by atoms with Crippen molar-refractivity contribution in [2.24, 2.45) is 4.90 Å². The zero-order chi connectivity index (χ0) is 20.3. The maximum absolute atomic E-state index is 11.7. The minimum Gasteiger partial charge on any atom is -0.481 e. The highest BCUT2D eigenvalue weighted by Gasteiger charge is 2.06. The quantitative estimate of drug-likeness (QED) is 0.227. The molecule has 0 atom stereocenters. The molecule has 1 aliphatic heterocycles. The Bertz CT molecular complexity index is 491. The number of hydrogen-bond donors (Lipinski definition) is 2. The lowest BCUT2D eigenvalue weighted by Gasteiger charge is -2.18. The number of aliphatic carboxylic acids is 1. The number of amides is 1. The van der Waals surface area contributed by atoms with Gasteiger partial charge in [-0.3, -0.25) is 9.59 Å². The van der Waals surface area contributed by atoms with Gasteiger partial charge < -0.3 is 39.1 Å². The lowest BCUT2D eigenvalue weighted by atomic mass is 10.1. The van der Waals surface area contributed by atoms with Crippen molar-refractivity contribution in [3.8, 4) is 0 Å². The number of nitrogens with zero attached hydrogens (tertiary/aromatic N) is 2. The molecule has 158 valence electrons. The average molecular weight is 399 g/mol. The van der Waals surface area contributed by atoms with Crippen LogP contribution in [-0.2, 0) is 28.5 Å². The minimum atomic E-state index is -0.875. The maximum Gasteiger partial charge on any atom is 0.375 e. The van der Waals surface area contributed by atoms with Crippen LogP contribution < -0.4 is 5.32 Å². The van der Waals surface area contributed by atoms with Crippen LogP contribution in [0.5, 0.6) is 0 Å². The van der Waals surface area contributed by atoms with E-state index >= 15 is 0 Å². The summed E-state index contributed by atoms with van der Waals surface area (Å²) in [6, 6.07) is 0.